The van der Waals surface area contributed by atoms with E-state index in [4.69, 9.17) is 18.3 Å². The summed E-state index contributed by atoms with van der Waals surface area (Å²) in [7, 11) is 1.62. The highest BCUT2D eigenvalue weighted by Crippen LogP contribution is 2.30. The molecular weight excluding hydrogens is 436 g/mol. The number of aromatic nitrogens is 2. The topological polar surface area (TPSA) is 111 Å². The lowest BCUT2D eigenvalue weighted by Crippen LogP contribution is -2.00. The summed E-state index contributed by atoms with van der Waals surface area (Å²) in [6.45, 7) is 2.16. The third-order valence-electron chi connectivity index (χ3n) is 5.58. The van der Waals surface area contributed by atoms with Gasteiger partial charge in [-0.15, -0.1) is 0 Å². The Morgan fingerprint density at radius 3 is 2.53 bits per heavy atom. The number of oxazole rings is 2. The molecule has 0 amide bonds. The number of aromatic amines is 1. The molecule has 2 heterocycles. The first-order valence-electron chi connectivity index (χ1n) is 11.3. The van der Waals surface area contributed by atoms with Gasteiger partial charge in [0.25, 0.3) is 0 Å². The van der Waals surface area contributed by atoms with E-state index in [0.29, 0.717) is 29.6 Å². The molecule has 2 N–H and O–H groups in total. The summed E-state index contributed by atoms with van der Waals surface area (Å²) < 4.78 is 22.2. The normalized spacial score (nSPS) is 11.0. The number of methoxy groups -OCH3 is 1. The van der Waals surface area contributed by atoms with Crippen molar-refractivity contribution in [3.63, 3.8) is 0 Å². The Hall–Kier alpha value is -3.94. The highest BCUT2D eigenvalue weighted by atomic mass is 16.5. The number of ether oxygens (including phenoxy) is 2. The third kappa shape index (κ3) is 5.70. The highest BCUT2D eigenvalue weighted by molar-refractivity contribution is 5.53. The molecule has 0 unspecified atom stereocenters. The zero-order valence-electron chi connectivity index (χ0n) is 19.3. The summed E-state index contributed by atoms with van der Waals surface area (Å²) in [6.07, 6.45) is 4.11. The number of aryl methyl sites for hydroxylation is 3. The van der Waals surface area contributed by atoms with Crippen LogP contribution in [0.5, 0.6) is 17.4 Å². The molecule has 0 aliphatic rings. The quantitative estimate of drug-likeness (QED) is 0.294. The Balaban J connectivity index is 1.29. The van der Waals surface area contributed by atoms with Crippen LogP contribution in [0.15, 0.2) is 62.2 Å². The Bertz CT molecular complexity index is 1270. The molecule has 4 aromatic rings. The summed E-state index contributed by atoms with van der Waals surface area (Å²) in [6, 6.07) is 15.7. The number of hydrogen-bond donors (Lipinski definition) is 2. The largest absolute Gasteiger partial charge is 0.493 e. The van der Waals surface area contributed by atoms with Crippen LogP contribution in [0.25, 0.3) is 11.5 Å². The van der Waals surface area contributed by atoms with Crippen molar-refractivity contribution >= 4 is 0 Å². The monoisotopic (exact) mass is 464 g/mol. The van der Waals surface area contributed by atoms with E-state index in [1.807, 2.05) is 55.5 Å². The average Bonchev–Trinajstić information content (AvgIpc) is 3.38. The average molecular weight is 465 g/mol. The highest BCUT2D eigenvalue weighted by Gasteiger charge is 2.14. The summed E-state index contributed by atoms with van der Waals surface area (Å²) in [5, 5.41) is 9.55. The molecule has 0 radical (unpaired) electrons. The molecule has 4 rings (SSSR count). The molecule has 8 nitrogen and oxygen atoms in total. The minimum Gasteiger partial charge on any atom is -0.493 e. The molecule has 2 aromatic carbocycles. The smallest absolute Gasteiger partial charge is 0.419 e. The van der Waals surface area contributed by atoms with E-state index in [0.717, 1.165) is 48.3 Å². The molecule has 0 fully saturated rings. The summed E-state index contributed by atoms with van der Waals surface area (Å²) in [5.74, 6) is 2.12. The molecule has 2 aromatic heterocycles. The first-order chi connectivity index (χ1) is 16.5. The molecule has 0 atom stereocenters. The number of benzene rings is 2. The van der Waals surface area contributed by atoms with Crippen LogP contribution >= 0.6 is 0 Å². The molecule has 0 aliphatic heterocycles. The van der Waals surface area contributed by atoms with Gasteiger partial charge in [0, 0.05) is 12.0 Å². The second-order valence-corrected chi connectivity index (χ2v) is 8.01. The fourth-order valence-corrected chi connectivity index (χ4v) is 3.71. The van der Waals surface area contributed by atoms with Crippen molar-refractivity contribution in [2.75, 3.05) is 7.11 Å². The number of unbranched alkanes of at least 4 members (excludes halogenated alkanes) is 2. The van der Waals surface area contributed by atoms with Crippen LogP contribution in [0.2, 0.25) is 0 Å². The zero-order chi connectivity index (χ0) is 23.9. The number of H-pyrrole nitrogens is 1. The Morgan fingerprint density at radius 1 is 1.00 bits per heavy atom. The maximum atomic E-state index is 11.1. The standard InChI is InChI=1S/C26H28N2O6/c1-17-20(27-25(33-17)19-10-6-4-7-11-19)16-32-21-14-13-18(15-23(21)31-2)9-5-3-8-12-22-24(29)28-26(30)34-22/h4,6-7,10-11,13-15,29H,3,5,8-9,12,16H2,1-2H3,(H,28,30). The van der Waals surface area contributed by atoms with Gasteiger partial charge in [-0.3, -0.25) is 4.98 Å². The van der Waals surface area contributed by atoms with Gasteiger partial charge >= 0.3 is 5.76 Å². The molecule has 8 heteroatoms. The van der Waals surface area contributed by atoms with Crippen molar-refractivity contribution in [2.24, 2.45) is 0 Å². The van der Waals surface area contributed by atoms with E-state index in [2.05, 4.69) is 9.97 Å². The Morgan fingerprint density at radius 2 is 1.79 bits per heavy atom. The first kappa shape index (κ1) is 23.2. The van der Waals surface area contributed by atoms with Gasteiger partial charge in [-0.1, -0.05) is 30.7 Å². The minimum absolute atomic E-state index is 0.178. The summed E-state index contributed by atoms with van der Waals surface area (Å²) >= 11 is 0. The fourth-order valence-electron chi connectivity index (χ4n) is 3.71. The lowest BCUT2D eigenvalue weighted by Gasteiger charge is -2.12. The van der Waals surface area contributed by atoms with Crippen molar-refractivity contribution < 1.29 is 23.4 Å². The molecule has 0 aliphatic carbocycles. The Kier molecular flexibility index (Phi) is 7.37. The van der Waals surface area contributed by atoms with Gasteiger partial charge in [-0.05, 0) is 56.0 Å². The van der Waals surface area contributed by atoms with E-state index in [9.17, 15) is 9.90 Å². The number of nitrogens with zero attached hydrogens (tertiary/aromatic N) is 1. The van der Waals surface area contributed by atoms with E-state index < -0.39 is 5.76 Å². The predicted molar refractivity (Wildman–Crippen MR) is 126 cm³/mol. The van der Waals surface area contributed by atoms with E-state index in [1.165, 1.54) is 0 Å². The van der Waals surface area contributed by atoms with Gasteiger partial charge in [0.1, 0.15) is 18.1 Å². The van der Waals surface area contributed by atoms with Crippen LogP contribution in [0.4, 0.5) is 0 Å². The van der Waals surface area contributed by atoms with Crippen molar-refractivity contribution in [1.29, 1.82) is 0 Å². The van der Waals surface area contributed by atoms with E-state index in [-0.39, 0.29) is 12.5 Å². The van der Waals surface area contributed by atoms with Crippen LogP contribution in [0.3, 0.4) is 0 Å². The fraction of sp³-hybridized carbons (Fsp3) is 0.308. The van der Waals surface area contributed by atoms with Gasteiger partial charge in [0.2, 0.25) is 11.8 Å². The molecule has 34 heavy (non-hydrogen) atoms. The van der Waals surface area contributed by atoms with Crippen LogP contribution < -0.4 is 15.2 Å². The second-order valence-electron chi connectivity index (χ2n) is 8.01. The molecule has 0 bridgehead atoms. The molecule has 0 saturated carbocycles. The van der Waals surface area contributed by atoms with Crippen LogP contribution in [-0.2, 0) is 19.4 Å². The SMILES string of the molecule is COc1cc(CCCCCc2oc(=O)[nH]c2O)ccc1OCc1nc(-c2ccccc2)oc1C. The van der Waals surface area contributed by atoms with Crippen molar-refractivity contribution in [3.8, 4) is 28.8 Å². The van der Waals surface area contributed by atoms with Crippen molar-refractivity contribution in [1.82, 2.24) is 9.97 Å². The molecule has 0 saturated heterocycles. The van der Waals surface area contributed by atoms with E-state index in [1.54, 1.807) is 7.11 Å². The van der Waals surface area contributed by atoms with Crippen LogP contribution in [0.1, 0.15) is 42.0 Å². The summed E-state index contributed by atoms with van der Waals surface area (Å²) in [5.41, 5.74) is 2.81. The zero-order valence-corrected chi connectivity index (χ0v) is 19.3. The maximum Gasteiger partial charge on any atom is 0.419 e. The number of nitrogens with one attached hydrogen (secondary N) is 1. The summed E-state index contributed by atoms with van der Waals surface area (Å²) in [4.78, 5) is 17.9. The lowest BCUT2D eigenvalue weighted by atomic mass is 10.1. The van der Waals surface area contributed by atoms with E-state index >= 15 is 0 Å². The number of rotatable bonds is 11. The van der Waals surface area contributed by atoms with Crippen molar-refractivity contribution in [3.05, 3.63) is 81.9 Å². The first-order valence-corrected chi connectivity index (χ1v) is 11.3. The minimum atomic E-state index is -0.628. The Labute approximate surface area is 197 Å². The van der Waals surface area contributed by atoms with Crippen LogP contribution in [0, 0.1) is 6.92 Å². The molecule has 0 spiro atoms. The second kappa shape index (κ2) is 10.8. The van der Waals surface area contributed by atoms with Crippen LogP contribution in [-0.4, -0.2) is 22.2 Å². The van der Waals surface area contributed by atoms with Gasteiger partial charge in [-0.25, -0.2) is 9.78 Å². The maximum absolute atomic E-state index is 11.1. The third-order valence-corrected chi connectivity index (χ3v) is 5.58. The van der Waals surface area contributed by atoms with Gasteiger partial charge in [-0.2, -0.15) is 0 Å². The number of aromatic hydroxyl groups is 1. The molecule has 178 valence electrons. The molecular formula is C26H28N2O6. The van der Waals surface area contributed by atoms with Gasteiger partial charge in [0.05, 0.1) is 7.11 Å². The lowest BCUT2D eigenvalue weighted by molar-refractivity contribution is 0.279. The van der Waals surface area contributed by atoms with Gasteiger partial charge < -0.3 is 23.4 Å². The predicted octanol–water partition coefficient (Wildman–Crippen LogP) is 5.18. The van der Waals surface area contributed by atoms with Gasteiger partial charge in [0.15, 0.2) is 17.3 Å². The van der Waals surface area contributed by atoms with Crippen molar-refractivity contribution in [2.45, 2.75) is 45.6 Å². The number of hydrogen-bond acceptors (Lipinski definition) is 7.